The molecule has 20 heavy (non-hydrogen) atoms. The summed E-state index contributed by atoms with van der Waals surface area (Å²) in [6.07, 6.45) is 0.852. The number of nitrogens with one attached hydrogen (secondary N) is 1. The number of aryl methyl sites for hydroxylation is 2. The van der Waals surface area contributed by atoms with Gasteiger partial charge in [-0.15, -0.1) is 0 Å². The van der Waals surface area contributed by atoms with E-state index in [2.05, 4.69) is 4.72 Å². The zero-order chi connectivity index (χ0) is 14.8. The van der Waals surface area contributed by atoms with Crippen LogP contribution in [0.25, 0.3) is 0 Å². The Morgan fingerprint density at radius 3 is 2.30 bits per heavy atom. The van der Waals surface area contributed by atoms with Crippen molar-refractivity contribution in [2.45, 2.75) is 25.2 Å². The van der Waals surface area contributed by atoms with E-state index in [-0.39, 0.29) is 4.90 Å². The summed E-state index contributed by atoms with van der Waals surface area (Å²) in [6.45, 7) is 3.66. The lowest BCUT2D eigenvalue weighted by atomic mass is 10.2. The summed E-state index contributed by atoms with van der Waals surface area (Å²) in [6, 6.07) is 10.6. The zero-order valence-corrected chi connectivity index (χ0v) is 12.2. The van der Waals surface area contributed by atoms with Crippen molar-refractivity contribution in [3.63, 3.8) is 0 Å². The Balaban J connectivity index is 2.30. The molecule has 2 aromatic rings. The highest BCUT2D eigenvalue weighted by molar-refractivity contribution is 7.92. The van der Waals surface area contributed by atoms with Gasteiger partial charge in [-0.1, -0.05) is 19.1 Å². The Labute approximate surface area is 118 Å². The molecule has 0 spiro atoms. The fourth-order valence-corrected chi connectivity index (χ4v) is 2.98. The lowest BCUT2D eigenvalue weighted by Gasteiger charge is -2.11. The molecule has 3 nitrogen and oxygen atoms in total. The molecule has 5 heteroatoms. The van der Waals surface area contributed by atoms with E-state index >= 15 is 0 Å². The third-order valence-corrected chi connectivity index (χ3v) is 4.46. The van der Waals surface area contributed by atoms with Crippen molar-refractivity contribution in [1.29, 1.82) is 0 Å². The number of halogens is 1. The molecule has 0 radical (unpaired) electrons. The van der Waals surface area contributed by atoms with Crippen molar-refractivity contribution in [2.24, 2.45) is 0 Å². The average Bonchev–Trinajstić information content (AvgIpc) is 2.42. The van der Waals surface area contributed by atoms with Crippen molar-refractivity contribution >= 4 is 15.7 Å². The molecule has 0 aliphatic carbocycles. The Morgan fingerprint density at radius 1 is 1.10 bits per heavy atom. The summed E-state index contributed by atoms with van der Waals surface area (Å²) in [5.41, 5.74) is 1.99. The third kappa shape index (κ3) is 3.17. The standard InChI is InChI=1S/C15H16FNO2S/c1-3-12-4-7-14(8-5-12)20(18,19)17-15-9-6-13(16)10-11(15)2/h4-10,17H,3H2,1-2H3. The first kappa shape index (κ1) is 14.5. The minimum atomic E-state index is -3.65. The topological polar surface area (TPSA) is 46.2 Å². The number of rotatable bonds is 4. The van der Waals surface area contributed by atoms with Crippen LogP contribution in [0.15, 0.2) is 47.4 Å². The van der Waals surface area contributed by atoms with Gasteiger partial charge >= 0.3 is 0 Å². The predicted octanol–water partition coefficient (Wildman–Crippen LogP) is 3.50. The van der Waals surface area contributed by atoms with Gasteiger partial charge in [-0.25, -0.2) is 12.8 Å². The first-order chi connectivity index (χ1) is 9.42. The highest BCUT2D eigenvalue weighted by atomic mass is 32.2. The summed E-state index contributed by atoms with van der Waals surface area (Å²) < 4.78 is 39.9. The fourth-order valence-electron chi connectivity index (χ4n) is 1.85. The molecule has 0 aliphatic heterocycles. The molecule has 2 rings (SSSR count). The van der Waals surface area contributed by atoms with E-state index in [0.29, 0.717) is 11.3 Å². The lowest BCUT2D eigenvalue weighted by Crippen LogP contribution is -2.13. The van der Waals surface area contributed by atoms with Gasteiger partial charge in [0, 0.05) is 0 Å². The molecular formula is C15H16FNO2S. The van der Waals surface area contributed by atoms with Crippen LogP contribution in [0, 0.1) is 12.7 Å². The molecule has 0 saturated carbocycles. The molecule has 0 aromatic heterocycles. The molecule has 0 amide bonds. The van der Waals surface area contributed by atoms with Crippen molar-refractivity contribution < 1.29 is 12.8 Å². The van der Waals surface area contributed by atoms with Crippen molar-refractivity contribution in [1.82, 2.24) is 0 Å². The van der Waals surface area contributed by atoms with Crippen molar-refractivity contribution in [3.05, 3.63) is 59.4 Å². The van der Waals surface area contributed by atoms with Gasteiger partial charge in [0.15, 0.2) is 0 Å². The van der Waals surface area contributed by atoms with E-state index in [0.717, 1.165) is 12.0 Å². The number of hydrogen-bond acceptors (Lipinski definition) is 2. The number of benzene rings is 2. The summed E-state index contributed by atoms with van der Waals surface area (Å²) in [5, 5.41) is 0. The molecule has 2 aromatic carbocycles. The van der Waals surface area contributed by atoms with Crippen LogP contribution in [0.4, 0.5) is 10.1 Å². The Bertz CT molecular complexity index is 709. The van der Waals surface area contributed by atoms with E-state index in [1.807, 2.05) is 6.92 Å². The van der Waals surface area contributed by atoms with Crippen LogP contribution in [0.3, 0.4) is 0 Å². The van der Waals surface area contributed by atoms with Gasteiger partial charge in [-0.3, -0.25) is 4.72 Å². The highest BCUT2D eigenvalue weighted by Crippen LogP contribution is 2.20. The highest BCUT2D eigenvalue weighted by Gasteiger charge is 2.15. The Morgan fingerprint density at radius 2 is 1.75 bits per heavy atom. The van der Waals surface area contributed by atoms with Gasteiger partial charge in [0.2, 0.25) is 0 Å². The number of sulfonamides is 1. The molecular weight excluding hydrogens is 277 g/mol. The van der Waals surface area contributed by atoms with E-state index < -0.39 is 15.8 Å². The van der Waals surface area contributed by atoms with Crippen molar-refractivity contribution in [2.75, 3.05) is 4.72 Å². The van der Waals surface area contributed by atoms with Crippen LogP contribution in [-0.4, -0.2) is 8.42 Å². The molecule has 0 bridgehead atoms. The second kappa shape index (κ2) is 5.63. The third-order valence-electron chi connectivity index (χ3n) is 3.07. The van der Waals surface area contributed by atoms with E-state index in [1.165, 1.54) is 18.2 Å². The van der Waals surface area contributed by atoms with Crippen molar-refractivity contribution in [3.8, 4) is 0 Å². The maximum atomic E-state index is 13.0. The van der Waals surface area contributed by atoms with Gasteiger partial charge in [0.25, 0.3) is 10.0 Å². The lowest BCUT2D eigenvalue weighted by molar-refractivity contribution is 0.601. The van der Waals surface area contributed by atoms with E-state index in [9.17, 15) is 12.8 Å². The minimum Gasteiger partial charge on any atom is -0.279 e. The summed E-state index contributed by atoms with van der Waals surface area (Å²) in [7, 11) is -3.65. The van der Waals surface area contributed by atoms with E-state index in [4.69, 9.17) is 0 Å². The van der Waals surface area contributed by atoms with Crippen LogP contribution in [0.1, 0.15) is 18.1 Å². The molecule has 0 fully saturated rings. The maximum absolute atomic E-state index is 13.0. The second-order valence-corrected chi connectivity index (χ2v) is 6.24. The monoisotopic (exact) mass is 293 g/mol. The summed E-state index contributed by atoms with van der Waals surface area (Å²) >= 11 is 0. The average molecular weight is 293 g/mol. The normalized spacial score (nSPS) is 11.3. The maximum Gasteiger partial charge on any atom is 0.261 e. The van der Waals surface area contributed by atoms with Gasteiger partial charge < -0.3 is 0 Å². The fraction of sp³-hybridized carbons (Fsp3) is 0.200. The van der Waals surface area contributed by atoms with Crippen LogP contribution < -0.4 is 4.72 Å². The van der Waals surface area contributed by atoms with Gasteiger partial charge in [-0.05, 0) is 54.8 Å². The quantitative estimate of drug-likeness (QED) is 0.938. The smallest absolute Gasteiger partial charge is 0.261 e. The SMILES string of the molecule is CCc1ccc(S(=O)(=O)Nc2ccc(F)cc2C)cc1. The molecule has 1 N–H and O–H groups in total. The molecule has 0 aliphatic rings. The van der Waals surface area contributed by atoms with Crippen LogP contribution in [-0.2, 0) is 16.4 Å². The largest absolute Gasteiger partial charge is 0.279 e. The second-order valence-electron chi connectivity index (χ2n) is 4.56. The van der Waals surface area contributed by atoms with E-state index in [1.54, 1.807) is 31.2 Å². The molecule has 0 unspecified atom stereocenters. The molecule has 106 valence electrons. The predicted molar refractivity (Wildman–Crippen MR) is 77.8 cm³/mol. The number of anilines is 1. The van der Waals surface area contributed by atoms with Gasteiger partial charge in [-0.2, -0.15) is 0 Å². The van der Waals surface area contributed by atoms with Crippen LogP contribution in [0.5, 0.6) is 0 Å². The van der Waals surface area contributed by atoms with Gasteiger partial charge in [0.1, 0.15) is 5.82 Å². The van der Waals surface area contributed by atoms with Gasteiger partial charge in [0.05, 0.1) is 10.6 Å². The zero-order valence-electron chi connectivity index (χ0n) is 11.4. The molecule has 0 atom stereocenters. The summed E-state index contributed by atoms with van der Waals surface area (Å²) in [4.78, 5) is 0.193. The van der Waals surface area contributed by atoms with Crippen LogP contribution >= 0.6 is 0 Å². The first-order valence-electron chi connectivity index (χ1n) is 6.30. The Kier molecular flexibility index (Phi) is 4.09. The molecule has 0 saturated heterocycles. The Hall–Kier alpha value is -1.88. The van der Waals surface area contributed by atoms with Crippen LogP contribution in [0.2, 0.25) is 0 Å². The molecule has 0 heterocycles. The minimum absolute atomic E-state index is 0.193. The summed E-state index contributed by atoms with van der Waals surface area (Å²) in [5.74, 6) is -0.391. The number of hydrogen-bond donors (Lipinski definition) is 1. The first-order valence-corrected chi connectivity index (χ1v) is 7.78.